The number of hydrogen-bond acceptors (Lipinski definition) is 4. The third-order valence-electron chi connectivity index (χ3n) is 4.12. The number of carbonyl (C=O) groups is 1. The monoisotopic (exact) mass is 478 g/mol. The highest BCUT2D eigenvalue weighted by atomic mass is 79.9. The van der Waals surface area contributed by atoms with Crippen molar-refractivity contribution in [1.29, 1.82) is 0 Å². The van der Waals surface area contributed by atoms with Gasteiger partial charge in [-0.25, -0.2) is 4.98 Å². The Balaban J connectivity index is 1.63. The van der Waals surface area contributed by atoms with Crippen molar-refractivity contribution in [1.82, 2.24) is 4.98 Å². The number of nitrogens with one attached hydrogen (secondary N) is 1. The maximum atomic E-state index is 12.3. The summed E-state index contributed by atoms with van der Waals surface area (Å²) < 4.78 is 6.48. The predicted molar refractivity (Wildman–Crippen MR) is 120 cm³/mol. The molecule has 28 heavy (non-hydrogen) atoms. The second-order valence-corrected chi connectivity index (χ2v) is 9.11. The van der Waals surface area contributed by atoms with Crippen molar-refractivity contribution in [3.05, 3.63) is 62.4 Å². The van der Waals surface area contributed by atoms with E-state index in [0.717, 1.165) is 20.6 Å². The Morgan fingerprint density at radius 1 is 1.29 bits per heavy atom. The Morgan fingerprint density at radius 3 is 2.75 bits per heavy atom. The topological polar surface area (TPSA) is 51.2 Å². The van der Waals surface area contributed by atoms with Crippen LogP contribution in [0.1, 0.15) is 30.2 Å². The van der Waals surface area contributed by atoms with Gasteiger partial charge in [0.2, 0.25) is 0 Å². The number of thiazole rings is 1. The van der Waals surface area contributed by atoms with Gasteiger partial charge in [0.25, 0.3) is 5.91 Å². The first-order valence-electron chi connectivity index (χ1n) is 8.79. The SMILES string of the molecule is Cc1sc(NC(=O)COc2ccc(C(C)C)cc2Br)nc1-c1cccc(Cl)c1. The third-order valence-corrected chi connectivity index (χ3v) is 5.86. The van der Waals surface area contributed by atoms with Crippen LogP contribution in [0.4, 0.5) is 5.13 Å². The van der Waals surface area contributed by atoms with Gasteiger partial charge < -0.3 is 4.74 Å². The Labute approximate surface area is 182 Å². The lowest BCUT2D eigenvalue weighted by Crippen LogP contribution is -2.20. The highest BCUT2D eigenvalue weighted by Gasteiger charge is 2.13. The van der Waals surface area contributed by atoms with Gasteiger partial charge in [-0.3, -0.25) is 10.1 Å². The highest BCUT2D eigenvalue weighted by Crippen LogP contribution is 2.32. The summed E-state index contributed by atoms with van der Waals surface area (Å²) in [4.78, 5) is 17.8. The molecule has 3 aromatic rings. The molecular formula is C21H20BrClN2O2S. The number of rotatable bonds is 6. The lowest BCUT2D eigenvalue weighted by atomic mass is 10.0. The minimum absolute atomic E-state index is 0.0925. The molecule has 1 heterocycles. The zero-order valence-electron chi connectivity index (χ0n) is 15.8. The van der Waals surface area contributed by atoms with Gasteiger partial charge in [0.05, 0.1) is 10.2 Å². The average molecular weight is 480 g/mol. The van der Waals surface area contributed by atoms with Crippen LogP contribution in [0.15, 0.2) is 46.9 Å². The number of benzene rings is 2. The van der Waals surface area contributed by atoms with E-state index in [9.17, 15) is 4.79 Å². The molecule has 0 atom stereocenters. The van der Waals surface area contributed by atoms with Crippen LogP contribution < -0.4 is 10.1 Å². The average Bonchev–Trinajstić information content (AvgIpc) is 3.00. The van der Waals surface area contributed by atoms with E-state index in [1.165, 1.54) is 16.9 Å². The molecule has 0 aliphatic carbocycles. The van der Waals surface area contributed by atoms with Crippen LogP contribution in [-0.2, 0) is 4.79 Å². The second-order valence-electron chi connectivity index (χ2n) is 6.62. The summed E-state index contributed by atoms with van der Waals surface area (Å²) >= 11 is 11.0. The van der Waals surface area contributed by atoms with Gasteiger partial charge >= 0.3 is 0 Å². The molecule has 0 aliphatic heterocycles. The zero-order chi connectivity index (χ0) is 20.3. The summed E-state index contributed by atoms with van der Waals surface area (Å²) in [7, 11) is 0. The normalized spacial score (nSPS) is 10.9. The van der Waals surface area contributed by atoms with Crippen molar-refractivity contribution < 1.29 is 9.53 Å². The Kier molecular flexibility index (Phi) is 6.75. The van der Waals surface area contributed by atoms with Crippen LogP contribution in [0.25, 0.3) is 11.3 Å². The summed E-state index contributed by atoms with van der Waals surface area (Å²) in [6.45, 7) is 6.13. The molecule has 0 saturated carbocycles. The molecule has 0 fully saturated rings. The van der Waals surface area contributed by atoms with Gasteiger partial charge in [-0.05, 0) is 58.6 Å². The van der Waals surface area contributed by atoms with E-state index >= 15 is 0 Å². The van der Waals surface area contributed by atoms with E-state index in [1.807, 2.05) is 49.4 Å². The number of amides is 1. The smallest absolute Gasteiger partial charge is 0.264 e. The van der Waals surface area contributed by atoms with Crippen molar-refractivity contribution in [2.24, 2.45) is 0 Å². The summed E-state index contributed by atoms with van der Waals surface area (Å²) in [5.74, 6) is 0.802. The number of hydrogen-bond donors (Lipinski definition) is 1. The predicted octanol–water partition coefficient (Wildman–Crippen LogP) is 6.68. The number of carbonyl (C=O) groups excluding carboxylic acids is 1. The molecule has 0 aliphatic rings. The Bertz CT molecular complexity index is 1000. The van der Waals surface area contributed by atoms with E-state index in [2.05, 4.69) is 40.1 Å². The van der Waals surface area contributed by atoms with E-state index in [-0.39, 0.29) is 12.5 Å². The van der Waals surface area contributed by atoms with E-state index in [4.69, 9.17) is 16.3 Å². The van der Waals surface area contributed by atoms with E-state index < -0.39 is 0 Å². The summed E-state index contributed by atoms with van der Waals surface area (Å²) in [5, 5.41) is 3.99. The maximum absolute atomic E-state index is 12.3. The molecule has 4 nitrogen and oxygen atoms in total. The second kappa shape index (κ2) is 9.07. The largest absolute Gasteiger partial charge is 0.483 e. The standard InChI is InChI=1S/C21H20BrClN2O2S/c1-12(2)14-7-8-18(17(22)10-14)27-11-19(26)24-21-25-20(13(3)28-21)15-5-4-6-16(23)9-15/h4-10,12H,11H2,1-3H3,(H,24,25,26). The lowest BCUT2D eigenvalue weighted by molar-refractivity contribution is -0.118. The Morgan fingerprint density at radius 2 is 2.07 bits per heavy atom. The van der Waals surface area contributed by atoms with Crippen molar-refractivity contribution in [2.75, 3.05) is 11.9 Å². The molecule has 1 amide bonds. The van der Waals surface area contributed by atoms with Gasteiger partial charge in [-0.1, -0.05) is 43.6 Å². The van der Waals surface area contributed by atoms with Gasteiger partial charge in [-0.2, -0.15) is 0 Å². The van der Waals surface area contributed by atoms with Gasteiger partial charge in [0.1, 0.15) is 5.75 Å². The van der Waals surface area contributed by atoms with Crippen LogP contribution >= 0.6 is 38.9 Å². The lowest BCUT2D eigenvalue weighted by Gasteiger charge is -2.11. The number of nitrogens with zero attached hydrogens (tertiary/aromatic N) is 1. The van der Waals surface area contributed by atoms with Crippen molar-refractivity contribution in [3.63, 3.8) is 0 Å². The number of halogens is 2. The molecule has 1 aromatic heterocycles. The van der Waals surface area contributed by atoms with Crippen LogP contribution in [0.3, 0.4) is 0 Å². The number of ether oxygens (including phenoxy) is 1. The maximum Gasteiger partial charge on any atom is 0.264 e. The molecule has 2 aromatic carbocycles. The van der Waals surface area contributed by atoms with Crippen LogP contribution in [0.5, 0.6) is 5.75 Å². The van der Waals surface area contributed by atoms with Gasteiger partial charge in [-0.15, -0.1) is 11.3 Å². The van der Waals surface area contributed by atoms with Crippen LogP contribution in [-0.4, -0.2) is 17.5 Å². The first kappa shape index (κ1) is 20.8. The molecule has 3 rings (SSSR count). The van der Waals surface area contributed by atoms with E-state index in [0.29, 0.717) is 21.8 Å². The molecule has 0 radical (unpaired) electrons. The molecule has 7 heteroatoms. The zero-order valence-corrected chi connectivity index (χ0v) is 18.9. The molecule has 146 valence electrons. The molecular weight excluding hydrogens is 460 g/mol. The minimum Gasteiger partial charge on any atom is -0.483 e. The minimum atomic E-state index is -0.258. The quantitative estimate of drug-likeness (QED) is 0.429. The number of aromatic nitrogens is 1. The molecule has 1 N–H and O–H groups in total. The van der Waals surface area contributed by atoms with Gasteiger partial charge in [0, 0.05) is 15.5 Å². The number of aryl methyl sites for hydroxylation is 1. The van der Waals surface area contributed by atoms with Crippen LogP contribution in [0.2, 0.25) is 5.02 Å². The first-order chi connectivity index (χ1) is 13.3. The molecule has 0 bridgehead atoms. The van der Waals surface area contributed by atoms with Crippen molar-refractivity contribution in [3.8, 4) is 17.0 Å². The fraction of sp³-hybridized carbons (Fsp3) is 0.238. The number of anilines is 1. The molecule has 0 spiro atoms. The summed E-state index contributed by atoms with van der Waals surface area (Å²) in [6, 6.07) is 13.4. The third kappa shape index (κ3) is 5.13. The Hall–Kier alpha value is -1.89. The summed E-state index contributed by atoms with van der Waals surface area (Å²) in [6.07, 6.45) is 0. The van der Waals surface area contributed by atoms with Crippen LogP contribution in [0, 0.1) is 6.92 Å². The fourth-order valence-electron chi connectivity index (χ4n) is 2.65. The van der Waals surface area contributed by atoms with E-state index in [1.54, 1.807) is 0 Å². The summed E-state index contributed by atoms with van der Waals surface area (Å²) in [5.41, 5.74) is 2.94. The van der Waals surface area contributed by atoms with Crippen molar-refractivity contribution in [2.45, 2.75) is 26.7 Å². The van der Waals surface area contributed by atoms with Gasteiger partial charge in [0.15, 0.2) is 11.7 Å². The first-order valence-corrected chi connectivity index (χ1v) is 10.8. The fourth-order valence-corrected chi connectivity index (χ4v) is 4.20. The highest BCUT2D eigenvalue weighted by molar-refractivity contribution is 9.10. The van der Waals surface area contributed by atoms with Crippen molar-refractivity contribution >= 4 is 49.9 Å². The molecule has 0 saturated heterocycles. The molecule has 0 unspecified atom stereocenters.